The summed E-state index contributed by atoms with van der Waals surface area (Å²) in [6.45, 7) is 4.77. The SMILES string of the molecule is CSCC(=O)N1CC2CN(CCCOc3ccc(F)cc3)CC2(CO)C1. The summed E-state index contributed by atoms with van der Waals surface area (Å²) in [6.07, 6.45) is 2.81. The van der Waals surface area contributed by atoms with Crippen LogP contribution in [0.1, 0.15) is 6.42 Å². The van der Waals surface area contributed by atoms with Crippen LogP contribution in [-0.4, -0.2) is 78.8 Å². The fourth-order valence-electron chi connectivity index (χ4n) is 4.10. The van der Waals surface area contributed by atoms with Crippen LogP contribution in [0.15, 0.2) is 24.3 Å². The van der Waals surface area contributed by atoms with Crippen LogP contribution in [0.25, 0.3) is 0 Å². The minimum absolute atomic E-state index is 0.128. The van der Waals surface area contributed by atoms with E-state index in [1.165, 1.54) is 12.1 Å². The van der Waals surface area contributed by atoms with Crippen LogP contribution in [0.3, 0.4) is 0 Å². The van der Waals surface area contributed by atoms with Crippen molar-refractivity contribution in [1.29, 1.82) is 0 Å². The van der Waals surface area contributed by atoms with Crippen LogP contribution >= 0.6 is 11.8 Å². The van der Waals surface area contributed by atoms with Crippen LogP contribution in [-0.2, 0) is 4.79 Å². The zero-order valence-corrected chi connectivity index (χ0v) is 16.0. The van der Waals surface area contributed by atoms with Gasteiger partial charge in [-0.3, -0.25) is 4.79 Å². The summed E-state index contributed by atoms with van der Waals surface area (Å²) in [7, 11) is 0. The Morgan fingerprint density at radius 2 is 2.12 bits per heavy atom. The number of hydrogen-bond acceptors (Lipinski definition) is 5. The summed E-state index contributed by atoms with van der Waals surface area (Å²) in [5.74, 6) is 1.45. The number of ether oxygens (including phenoxy) is 1. The second-order valence-electron chi connectivity index (χ2n) is 7.32. The van der Waals surface area contributed by atoms with Gasteiger partial charge in [0.1, 0.15) is 11.6 Å². The molecule has 26 heavy (non-hydrogen) atoms. The molecule has 2 atom stereocenters. The quantitative estimate of drug-likeness (QED) is 0.694. The average molecular weight is 383 g/mol. The molecule has 1 amide bonds. The van der Waals surface area contributed by atoms with E-state index in [2.05, 4.69) is 4.90 Å². The average Bonchev–Trinajstić information content (AvgIpc) is 3.15. The number of benzene rings is 1. The lowest BCUT2D eigenvalue weighted by atomic mass is 9.82. The van der Waals surface area contributed by atoms with Gasteiger partial charge in [0.25, 0.3) is 0 Å². The van der Waals surface area contributed by atoms with Gasteiger partial charge in [0.15, 0.2) is 0 Å². The largest absolute Gasteiger partial charge is 0.494 e. The van der Waals surface area contributed by atoms with Gasteiger partial charge in [-0.05, 0) is 42.9 Å². The maximum Gasteiger partial charge on any atom is 0.232 e. The second-order valence-corrected chi connectivity index (χ2v) is 8.18. The molecule has 0 spiro atoms. The number of thioether (sulfide) groups is 1. The maximum atomic E-state index is 12.9. The first kappa shape index (κ1) is 19.5. The third kappa shape index (κ3) is 4.32. The molecule has 2 unspecified atom stereocenters. The number of fused-ring (bicyclic) bond motifs is 1. The van der Waals surface area contributed by atoms with Crippen molar-refractivity contribution >= 4 is 17.7 Å². The van der Waals surface area contributed by atoms with Gasteiger partial charge in [0, 0.05) is 38.1 Å². The Labute approximate surface area is 158 Å². The first-order chi connectivity index (χ1) is 12.6. The molecule has 3 rings (SSSR count). The van der Waals surface area contributed by atoms with E-state index in [-0.39, 0.29) is 23.7 Å². The summed E-state index contributed by atoms with van der Waals surface area (Å²) < 4.78 is 18.5. The number of halogens is 1. The minimum Gasteiger partial charge on any atom is -0.494 e. The van der Waals surface area contributed by atoms with Crippen molar-refractivity contribution in [3.63, 3.8) is 0 Å². The van der Waals surface area contributed by atoms with Crippen molar-refractivity contribution in [1.82, 2.24) is 9.80 Å². The smallest absolute Gasteiger partial charge is 0.232 e. The summed E-state index contributed by atoms with van der Waals surface area (Å²) in [6, 6.07) is 6.06. The number of hydrogen-bond donors (Lipinski definition) is 1. The van der Waals surface area contributed by atoms with E-state index in [0.717, 1.165) is 32.6 Å². The number of carbonyl (C=O) groups is 1. The highest BCUT2D eigenvalue weighted by Gasteiger charge is 2.52. The zero-order chi connectivity index (χ0) is 18.6. The molecule has 2 heterocycles. The first-order valence-electron chi connectivity index (χ1n) is 9.04. The number of likely N-dealkylation sites (tertiary alicyclic amines) is 2. The van der Waals surface area contributed by atoms with E-state index >= 15 is 0 Å². The molecule has 144 valence electrons. The molecule has 0 aliphatic carbocycles. The fraction of sp³-hybridized carbons (Fsp3) is 0.632. The van der Waals surface area contributed by atoms with E-state index in [1.54, 1.807) is 23.9 Å². The van der Waals surface area contributed by atoms with Gasteiger partial charge in [0.05, 0.1) is 19.0 Å². The highest BCUT2D eigenvalue weighted by atomic mass is 32.2. The highest BCUT2D eigenvalue weighted by molar-refractivity contribution is 7.99. The standard InChI is InChI=1S/C19H27FN2O3S/c1-26-11-18(24)22-10-15-9-21(12-19(15,13-22)14-23)7-2-8-25-17-5-3-16(20)4-6-17/h3-6,15,23H,2,7-14H2,1H3. The monoisotopic (exact) mass is 382 g/mol. The van der Waals surface area contributed by atoms with Crippen molar-refractivity contribution < 1.29 is 19.0 Å². The third-order valence-electron chi connectivity index (χ3n) is 5.47. The van der Waals surface area contributed by atoms with Gasteiger partial charge in [-0.15, -0.1) is 0 Å². The normalized spacial score (nSPS) is 25.5. The summed E-state index contributed by atoms with van der Waals surface area (Å²) in [5.41, 5.74) is -0.175. The Bertz CT molecular complexity index is 615. The minimum atomic E-state index is -0.264. The molecular weight excluding hydrogens is 355 g/mol. The molecule has 0 aromatic heterocycles. The predicted octanol–water partition coefficient (Wildman–Crippen LogP) is 1.71. The lowest BCUT2D eigenvalue weighted by Crippen LogP contribution is -2.39. The molecule has 0 saturated carbocycles. The first-order valence-corrected chi connectivity index (χ1v) is 10.4. The van der Waals surface area contributed by atoms with Crippen LogP contribution < -0.4 is 4.74 Å². The Balaban J connectivity index is 1.43. The molecule has 5 nitrogen and oxygen atoms in total. The molecular formula is C19H27FN2O3S. The fourth-order valence-corrected chi connectivity index (χ4v) is 4.53. The molecule has 2 aliphatic rings. The van der Waals surface area contributed by atoms with Gasteiger partial charge in [-0.25, -0.2) is 4.39 Å². The van der Waals surface area contributed by atoms with Gasteiger partial charge >= 0.3 is 0 Å². The summed E-state index contributed by atoms with van der Waals surface area (Å²) in [5, 5.41) is 9.99. The van der Waals surface area contributed by atoms with Gasteiger partial charge in [-0.1, -0.05) is 0 Å². The Morgan fingerprint density at radius 3 is 2.77 bits per heavy atom. The lowest BCUT2D eigenvalue weighted by molar-refractivity contribution is -0.128. The molecule has 1 aromatic rings. The van der Waals surface area contributed by atoms with E-state index in [1.807, 2.05) is 11.2 Å². The van der Waals surface area contributed by atoms with Crippen LogP contribution in [0.5, 0.6) is 5.75 Å². The molecule has 7 heteroatoms. The van der Waals surface area contributed by atoms with E-state index in [9.17, 15) is 14.3 Å². The molecule has 0 bridgehead atoms. The Kier molecular flexibility index (Phi) is 6.42. The molecule has 1 aromatic carbocycles. The highest BCUT2D eigenvalue weighted by Crippen LogP contribution is 2.42. The van der Waals surface area contributed by atoms with Crippen LogP contribution in [0.4, 0.5) is 4.39 Å². The topological polar surface area (TPSA) is 53.0 Å². The van der Waals surface area contributed by atoms with Crippen molar-refractivity contribution in [2.24, 2.45) is 11.3 Å². The molecule has 0 radical (unpaired) electrons. The van der Waals surface area contributed by atoms with Crippen molar-refractivity contribution in [3.05, 3.63) is 30.1 Å². The number of aliphatic hydroxyl groups is 1. The number of carbonyl (C=O) groups excluding carboxylic acids is 1. The van der Waals surface area contributed by atoms with Crippen molar-refractivity contribution in [2.75, 3.05) is 57.9 Å². The van der Waals surface area contributed by atoms with E-state index < -0.39 is 0 Å². The van der Waals surface area contributed by atoms with E-state index in [0.29, 0.717) is 30.6 Å². The van der Waals surface area contributed by atoms with Crippen LogP contribution in [0, 0.1) is 17.2 Å². The summed E-state index contributed by atoms with van der Waals surface area (Å²) in [4.78, 5) is 16.4. The van der Waals surface area contributed by atoms with E-state index in [4.69, 9.17) is 4.74 Å². The van der Waals surface area contributed by atoms with Crippen molar-refractivity contribution in [2.45, 2.75) is 6.42 Å². The van der Waals surface area contributed by atoms with Gasteiger partial charge in [-0.2, -0.15) is 11.8 Å². The third-order valence-corrected chi connectivity index (χ3v) is 6.00. The number of rotatable bonds is 8. The molecule has 1 N–H and O–H groups in total. The summed E-state index contributed by atoms with van der Waals surface area (Å²) >= 11 is 1.55. The number of amides is 1. The second kappa shape index (κ2) is 8.59. The molecule has 2 aliphatic heterocycles. The number of aliphatic hydroxyl groups excluding tert-OH is 1. The van der Waals surface area contributed by atoms with Crippen LogP contribution in [0.2, 0.25) is 0 Å². The maximum absolute atomic E-state index is 12.9. The molecule has 2 saturated heterocycles. The Morgan fingerprint density at radius 1 is 1.35 bits per heavy atom. The Hall–Kier alpha value is -1.31. The lowest BCUT2D eigenvalue weighted by Gasteiger charge is -2.27. The van der Waals surface area contributed by atoms with Gasteiger partial charge < -0.3 is 19.6 Å². The zero-order valence-electron chi connectivity index (χ0n) is 15.2. The number of nitrogens with zero attached hydrogens (tertiary/aromatic N) is 2. The van der Waals surface area contributed by atoms with Crippen molar-refractivity contribution in [3.8, 4) is 5.75 Å². The molecule has 2 fully saturated rings. The predicted molar refractivity (Wildman–Crippen MR) is 101 cm³/mol. The van der Waals surface area contributed by atoms with Gasteiger partial charge in [0.2, 0.25) is 5.91 Å².